The number of aromatic nitrogens is 3. The predicted molar refractivity (Wildman–Crippen MR) is 123 cm³/mol. The third-order valence-corrected chi connectivity index (χ3v) is 5.63. The van der Waals surface area contributed by atoms with Crippen LogP contribution in [-0.2, 0) is 11.2 Å². The molecular weight excluding hydrogens is 427 g/mol. The van der Waals surface area contributed by atoms with Gasteiger partial charge in [-0.05, 0) is 54.1 Å². The first-order chi connectivity index (χ1) is 15.6. The summed E-state index contributed by atoms with van der Waals surface area (Å²) in [5, 5.41) is 12.1. The van der Waals surface area contributed by atoms with Gasteiger partial charge in [-0.25, -0.2) is 4.39 Å². The van der Waals surface area contributed by atoms with E-state index in [4.69, 9.17) is 4.74 Å². The van der Waals surface area contributed by atoms with E-state index in [1.165, 1.54) is 23.9 Å². The normalized spacial score (nSPS) is 10.7. The zero-order chi connectivity index (χ0) is 22.3. The van der Waals surface area contributed by atoms with Crippen LogP contribution in [0.5, 0.6) is 5.75 Å². The number of amides is 1. The van der Waals surface area contributed by atoms with Crippen LogP contribution in [0, 0.1) is 5.82 Å². The molecular formula is C24H21FN4O2S. The molecule has 1 heterocycles. The number of benzene rings is 3. The van der Waals surface area contributed by atoms with Gasteiger partial charge < -0.3 is 10.1 Å². The zero-order valence-electron chi connectivity index (χ0n) is 17.4. The fraction of sp³-hybridized carbons (Fsp3) is 0.125. The highest BCUT2D eigenvalue weighted by atomic mass is 32.2. The Balaban J connectivity index is 1.52. The molecule has 0 saturated carbocycles. The molecule has 3 aromatic carbocycles. The number of thioether (sulfide) groups is 1. The number of nitrogens with zero attached hydrogens (tertiary/aromatic N) is 3. The first kappa shape index (κ1) is 21.6. The first-order valence-electron chi connectivity index (χ1n) is 9.93. The molecule has 1 aromatic heterocycles. The largest absolute Gasteiger partial charge is 0.497 e. The molecule has 8 heteroatoms. The molecule has 0 aliphatic rings. The van der Waals surface area contributed by atoms with Gasteiger partial charge in [-0.15, -0.1) is 10.2 Å². The van der Waals surface area contributed by atoms with Crippen molar-refractivity contribution in [1.82, 2.24) is 14.8 Å². The maximum absolute atomic E-state index is 13.5. The van der Waals surface area contributed by atoms with Crippen molar-refractivity contribution in [3.8, 4) is 11.4 Å². The van der Waals surface area contributed by atoms with Gasteiger partial charge in [0.1, 0.15) is 17.4 Å². The van der Waals surface area contributed by atoms with Crippen molar-refractivity contribution in [2.24, 2.45) is 0 Å². The van der Waals surface area contributed by atoms with Crippen LogP contribution in [0.1, 0.15) is 11.4 Å². The van der Waals surface area contributed by atoms with Crippen molar-refractivity contribution in [2.45, 2.75) is 11.6 Å². The maximum atomic E-state index is 13.5. The molecule has 0 spiro atoms. The third kappa shape index (κ3) is 5.33. The Morgan fingerprint density at radius 2 is 1.72 bits per heavy atom. The average molecular weight is 449 g/mol. The summed E-state index contributed by atoms with van der Waals surface area (Å²) in [4.78, 5) is 12.5. The summed E-state index contributed by atoms with van der Waals surface area (Å²) in [5.74, 6) is 1.09. The molecule has 1 N–H and O–H groups in total. The van der Waals surface area contributed by atoms with Crippen LogP contribution >= 0.6 is 11.8 Å². The van der Waals surface area contributed by atoms with Crippen molar-refractivity contribution in [1.29, 1.82) is 0 Å². The molecule has 0 unspecified atom stereocenters. The van der Waals surface area contributed by atoms with Crippen molar-refractivity contribution in [3.63, 3.8) is 0 Å². The average Bonchev–Trinajstić information content (AvgIpc) is 3.21. The maximum Gasteiger partial charge on any atom is 0.234 e. The molecule has 4 aromatic rings. The second-order valence-electron chi connectivity index (χ2n) is 6.94. The monoisotopic (exact) mass is 448 g/mol. The Hall–Kier alpha value is -3.65. The van der Waals surface area contributed by atoms with E-state index < -0.39 is 0 Å². The van der Waals surface area contributed by atoms with Crippen LogP contribution in [0.3, 0.4) is 0 Å². The second-order valence-corrected chi connectivity index (χ2v) is 7.88. The zero-order valence-corrected chi connectivity index (χ0v) is 18.2. The van der Waals surface area contributed by atoms with Crippen molar-refractivity contribution >= 4 is 23.4 Å². The lowest BCUT2D eigenvalue weighted by Crippen LogP contribution is -2.14. The number of halogens is 1. The van der Waals surface area contributed by atoms with E-state index in [0.29, 0.717) is 23.1 Å². The quantitative estimate of drug-likeness (QED) is 0.395. The first-order valence-corrected chi connectivity index (χ1v) is 10.9. The Morgan fingerprint density at radius 3 is 2.41 bits per heavy atom. The SMILES string of the molecule is COc1ccc(NC(=O)CSc2nnc(Cc3ccccc3)n2-c2ccc(F)cc2)cc1. The van der Waals surface area contributed by atoms with Crippen LogP contribution < -0.4 is 10.1 Å². The van der Waals surface area contributed by atoms with Crippen molar-refractivity contribution in [2.75, 3.05) is 18.2 Å². The lowest BCUT2D eigenvalue weighted by molar-refractivity contribution is -0.113. The van der Waals surface area contributed by atoms with Gasteiger partial charge in [0.25, 0.3) is 0 Å². The van der Waals surface area contributed by atoms with Gasteiger partial charge in [0.15, 0.2) is 5.16 Å². The highest BCUT2D eigenvalue weighted by molar-refractivity contribution is 7.99. The van der Waals surface area contributed by atoms with Crippen LogP contribution in [0.15, 0.2) is 84.0 Å². The van der Waals surface area contributed by atoms with E-state index in [1.807, 2.05) is 34.9 Å². The van der Waals surface area contributed by atoms with Crippen LogP contribution in [0.2, 0.25) is 0 Å². The number of methoxy groups -OCH3 is 1. The van der Waals surface area contributed by atoms with E-state index in [-0.39, 0.29) is 17.5 Å². The van der Waals surface area contributed by atoms with Gasteiger partial charge in [0.05, 0.1) is 12.9 Å². The highest BCUT2D eigenvalue weighted by Gasteiger charge is 2.16. The Kier molecular flexibility index (Phi) is 6.81. The summed E-state index contributed by atoms with van der Waals surface area (Å²) in [5.41, 5.74) is 2.50. The van der Waals surface area contributed by atoms with Gasteiger partial charge >= 0.3 is 0 Å². The molecule has 4 rings (SSSR count). The van der Waals surface area contributed by atoms with Gasteiger partial charge in [-0.2, -0.15) is 0 Å². The lowest BCUT2D eigenvalue weighted by atomic mass is 10.1. The number of anilines is 1. The number of carbonyl (C=O) groups is 1. The molecule has 0 bridgehead atoms. The second kappa shape index (κ2) is 10.1. The van der Waals surface area contributed by atoms with Gasteiger partial charge in [-0.1, -0.05) is 42.1 Å². The number of hydrogen-bond donors (Lipinski definition) is 1. The summed E-state index contributed by atoms with van der Waals surface area (Å²) in [6, 6.07) is 23.2. The number of carbonyl (C=O) groups excluding carboxylic acids is 1. The molecule has 0 aliphatic carbocycles. The Bertz CT molecular complexity index is 1180. The number of rotatable bonds is 8. The van der Waals surface area contributed by atoms with E-state index in [9.17, 15) is 9.18 Å². The van der Waals surface area contributed by atoms with E-state index in [0.717, 1.165) is 17.0 Å². The van der Waals surface area contributed by atoms with E-state index >= 15 is 0 Å². The molecule has 1 amide bonds. The number of nitrogens with one attached hydrogen (secondary N) is 1. The van der Waals surface area contributed by atoms with Gasteiger partial charge in [0.2, 0.25) is 5.91 Å². The highest BCUT2D eigenvalue weighted by Crippen LogP contribution is 2.24. The van der Waals surface area contributed by atoms with Crippen LogP contribution in [0.25, 0.3) is 5.69 Å². The van der Waals surface area contributed by atoms with E-state index in [2.05, 4.69) is 15.5 Å². The molecule has 0 aliphatic heterocycles. The van der Waals surface area contributed by atoms with Crippen molar-refractivity contribution in [3.05, 3.63) is 96.1 Å². The van der Waals surface area contributed by atoms with Crippen molar-refractivity contribution < 1.29 is 13.9 Å². The fourth-order valence-electron chi connectivity index (χ4n) is 3.14. The fourth-order valence-corrected chi connectivity index (χ4v) is 3.91. The minimum absolute atomic E-state index is 0.149. The summed E-state index contributed by atoms with van der Waals surface area (Å²) in [6.45, 7) is 0. The summed E-state index contributed by atoms with van der Waals surface area (Å²) in [6.07, 6.45) is 0.559. The standard InChI is InChI=1S/C24H21FN4O2S/c1-31-21-13-9-19(10-14-21)26-23(30)16-32-24-28-27-22(15-17-5-3-2-4-6-17)29(24)20-11-7-18(25)8-12-20/h2-14H,15-16H2,1H3,(H,26,30). The summed E-state index contributed by atoms with van der Waals surface area (Å²) >= 11 is 1.27. The molecule has 0 fully saturated rings. The molecule has 0 saturated heterocycles. The minimum Gasteiger partial charge on any atom is -0.497 e. The van der Waals surface area contributed by atoms with Crippen LogP contribution in [-0.4, -0.2) is 33.5 Å². The van der Waals surface area contributed by atoms with Gasteiger partial charge in [-0.3, -0.25) is 9.36 Å². The molecule has 0 radical (unpaired) electrons. The number of ether oxygens (including phenoxy) is 1. The molecule has 6 nitrogen and oxygen atoms in total. The van der Waals surface area contributed by atoms with Crippen LogP contribution in [0.4, 0.5) is 10.1 Å². The minimum atomic E-state index is -0.320. The summed E-state index contributed by atoms with van der Waals surface area (Å²) < 4.78 is 20.5. The molecule has 0 atom stereocenters. The smallest absolute Gasteiger partial charge is 0.234 e. The molecule has 162 valence electrons. The number of hydrogen-bond acceptors (Lipinski definition) is 5. The predicted octanol–water partition coefficient (Wildman–Crippen LogP) is 4.74. The summed E-state index contributed by atoms with van der Waals surface area (Å²) in [7, 11) is 1.59. The Labute approximate surface area is 189 Å². The molecule has 32 heavy (non-hydrogen) atoms. The Morgan fingerprint density at radius 1 is 1.00 bits per heavy atom. The van der Waals surface area contributed by atoms with E-state index in [1.54, 1.807) is 43.5 Å². The lowest BCUT2D eigenvalue weighted by Gasteiger charge is -2.11. The third-order valence-electron chi connectivity index (χ3n) is 4.70. The topological polar surface area (TPSA) is 69.0 Å². The van der Waals surface area contributed by atoms with Gasteiger partial charge in [0, 0.05) is 17.8 Å².